The summed E-state index contributed by atoms with van der Waals surface area (Å²) in [5, 5.41) is 14.6. The number of hydrogen-bond acceptors (Lipinski definition) is 3. The molecule has 7 nitrogen and oxygen atoms in total. The van der Waals surface area contributed by atoms with Crippen molar-refractivity contribution in [2.24, 2.45) is 5.10 Å². The average molecular weight is 158 g/mol. The van der Waals surface area contributed by atoms with Gasteiger partial charge in [-0.25, -0.2) is 10.1 Å². The highest BCUT2D eigenvalue weighted by Crippen LogP contribution is 1.92. The van der Waals surface area contributed by atoms with E-state index in [1.54, 1.807) is 0 Å². The molecule has 11 heavy (non-hydrogen) atoms. The summed E-state index contributed by atoms with van der Waals surface area (Å²) >= 11 is 0. The predicted octanol–water partition coefficient (Wildman–Crippen LogP) is -1.40. The second-order valence-electron chi connectivity index (χ2n) is 1.89. The fourth-order valence-corrected chi connectivity index (χ4v) is 0.768. The molecule has 1 N–H and O–H groups in total. The van der Waals surface area contributed by atoms with Crippen molar-refractivity contribution in [3.8, 4) is 0 Å². The fraction of sp³-hybridized carbons (Fsp3) is 0.500. The Balaban J connectivity index is 2.70. The van der Waals surface area contributed by atoms with Gasteiger partial charge in [-0.15, -0.1) is 0 Å². The first-order chi connectivity index (χ1) is 5.24. The Morgan fingerprint density at radius 2 is 2.55 bits per heavy atom. The van der Waals surface area contributed by atoms with Gasteiger partial charge in [-0.2, -0.15) is 0 Å². The molecular weight excluding hydrogens is 152 g/mol. The fourth-order valence-electron chi connectivity index (χ4n) is 0.768. The van der Waals surface area contributed by atoms with E-state index in [1.807, 2.05) is 0 Å². The molecule has 0 aliphatic carbocycles. The summed E-state index contributed by atoms with van der Waals surface area (Å²) in [6.45, 7) is 0.932. The van der Waals surface area contributed by atoms with Gasteiger partial charge in [-0.1, -0.05) is 0 Å². The van der Waals surface area contributed by atoms with E-state index in [9.17, 15) is 14.9 Å². The summed E-state index contributed by atoms with van der Waals surface area (Å²) in [6, 6.07) is 0. The van der Waals surface area contributed by atoms with Crippen LogP contribution in [0.5, 0.6) is 0 Å². The van der Waals surface area contributed by atoms with E-state index in [2.05, 4.69) is 10.4 Å². The highest BCUT2D eigenvalue weighted by atomic mass is 16.7. The average Bonchev–Trinajstić information content (AvgIpc) is 2.34. The summed E-state index contributed by atoms with van der Waals surface area (Å²) in [4.78, 5) is 21.2. The van der Waals surface area contributed by atoms with Crippen LogP contribution in [0.25, 0.3) is 0 Å². The van der Waals surface area contributed by atoms with Crippen LogP contribution in [0.1, 0.15) is 0 Å². The van der Waals surface area contributed by atoms with Gasteiger partial charge in [0.1, 0.15) is 5.10 Å². The number of nitrogens with one attached hydrogen (secondary N) is 1. The third-order valence-electron chi connectivity index (χ3n) is 1.21. The molecule has 0 aromatic carbocycles. The van der Waals surface area contributed by atoms with Crippen molar-refractivity contribution in [1.29, 1.82) is 0 Å². The maximum absolute atomic E-state index is 10.2. The van der Waals surface area contributed by atoms with Crippen molar-refractivity contribution >= 4 is 12.4 Å². The van der Waals surface area contributed by atoms with E-state index in [0.717, 1.165) is 4.90 Å². The number of hydrazone groups is 1. The van der Waals surface area contributed by atoms with Crippen LogP contribution < -0.4 is 5.32 Å². The maximum atomic E-state index is 10.2. The normalized spacial score (nSPS) is 20.0. The molecule has 0 bridgehead atoms. The zero-order valence-corrected chi connectivity index (χ0v) is 5.56. The number of rotatable bonds is 2. The van der Waals surface area contributed by atoms with Gasteiger partial charge in [0, 0.05) is 13.1 Å². The molecule has 0 saturated carbocycles. The van der Waals surface area contributed by atoms with Crippen LogP contribution in [0.15, 0.2) is 5.10 Å². The highest BCUT2D eigenvalue weighted by molar-refractivity contribution is 5.90. The smallest absolute Gasteiger partial charge is 0.277 e. The third-order valence-corrected chi connectivity index (χ3v) is 1.21. The predicted molar refractivity (Wildman–Crippen MR) is 35.2 cm³/mol. The Morgan fingerprint density at radius 3 is 3.09 bits per heavy atom. The molecule has 7 heteroatoms. The van der Waals surface area contributed by atoms with Crippen LogP contribution in [0, 0.1) is 10.1 Å². The van der Waals surface area contributed by atoms with Crippen molar-refractivity contribution in [2.75, 3.05) is 13.1 Å². The van der Waals surface area contributed by atoms with Crippen LogP contribution in [0.2, 0.25) is 0 Å². The molecule has 0 aromatic heterocycles. The second kappa shape index (κ2) is 2.95. The van der Waals surface area contributed by atoms with Crippen molar-refractivity contribution in [3.05, 3.63) is 10.1 Å². The molecule has 0 spiro atoms. The summed E-state index contributed by atoms with van der Waals surface area (Å²) < 4.78 is 0. The standard InChI is InChI=1S/C4H6N4O3/c9-3-7-2-1-5-4(7)6-8(10)11/h3H,1-2H2,(H,5,6). The third kappa shape index (κ3) is 1.63. The van der Waals surface area contributed by atoms with E-state index in [1.165, 1.54) is 0 Å². The summed E-state index contributed by atoms with van der Waals surface area (Å²) in [5.74, 6) is 0.00463. The van der Waals surface area contributed by atoms with Gasteiger partial charge >= 0.3 is 0 Å². The van der Waals surface area contributed by atoms with Crippen LogP contribution in [0.3, 0.4) is 0 Å². The molecule has 0 atom stereocenters. The Kier molecular flexibility index (Phi) is 2.00. The van der Waals surface area contributed by atoms with Crippen LogP contribution in [0.4, 0.5) is 0 Å². The molecular formula is C4H6N4O3. The minimum Gasteiger partial charge on any atom is -0.349 e. The van der Waals surface area contributed by atoms with Gasteiger partial charge in [-0.3, -0.25) is 9.69 Å². The van der Waals surface area contributed by atoms with Gasteiger partial charge in [-0.05, 0) is 0 Å². The lowest BCUT2D eigenvalue weighted by Gasteiger charge is -2.02. The molecule has 1 aliphatic heterocycles. The van der Waals surface area contributed by atoms with E-state index in [-0.39, 0.29) is 5.96 Å². The lowest BCUT2D eigenvalue weighted by Crippen LogP contribution is -2.29. The minimum absolute atomic E-state index is 0.00463. The number of hydrogen-bond donors (Lipinski definition) is 1. The first kappa shape index (κ1) is 7.45. The lowest BCUT2D eigenvalue weighted by atomic mass is 10.7. The topological polar surface area (TPSA) is 87.8 Å². The zero-order valence-electron chi connectivity index (χ0n) is 5.56. The molecule has 60 valence electrons. The Bertz CT molecular complexity index is 213. The van der Waals surface area contributed by atoms with Gasteiger partial charge in [0.2, 0.25) is 6.41 Å². The first-order valence-corrected chi connectivity index (χ1v) is 2.93. The number of nitrogens with zero attached hydrogens (tertiary/aromatic N) is 3. The number of amides is 1. The van der Waals surface area contributed by atoms with E-state index in [0.29, 0.717) is 19.5 Å². The monoisotopic (exact) mass is 158 g/mol. The van der Waals surface area contributed by atoms with Gasteiger partial charge in [0.05, 0.1) is 0 Å². The summed E-state index contributed by atoms with van der Waals surface area (Å²) in [6.07, 6.45) is 0.502. The van der Waals surface area contributed by atoms with Crippen LogP contribution in [-0.4, -0.2) is 35.4 Å². The van der Waals surface area contributed by atoms with E-state index < -0.39 is 5.03 Å². The van der Waals surface area contributed by atoms with Crippen molar-refractivity contribution in [1.82, 2.24) is 10.2 Å². The number of carbonyl (C=O) groups excluding carboxylic acids is 1. The molecule has 0 aromatic rings. The van der Waals surface area contributed by atoms with Gasteiger partial charge < -0.3 is 5.32 Å². The van der Waals surface area contributed by atoms with Gasteiger partial charge in [0.25, 0.3) is 5.96 Å². The first-order valence-electron chi connectivity index (χ1n) is 2.93. The lowest BCUT2D eigenvalue weighted by molar-refractivity contribution is -0.485. The van der Waals surface area contributed by atoms with Crippen molar-refractivity contribution in [2.45, 2.75) is 0 Å². The van der Waals surface area contributed by atoms with E-state index >= 15 is 0 Å². The molecule has 1 heterocycles. The Hall–Kier alpha value is -1.66. The SMILES string of the molecule is O=CN1CCNC1=N[N+](=O)[O-]. The number of nitro groups is 1. The Labute approximate surface area is 61.8 Å². The van der Waals surface area contributed by atoms with Gasteiger partial charge in [0.15, 0.2) is 5.03 Å². The Morgan fingerprint density at radius 1 is 1.82 bits per heavy atom. The minimum atomic E-state index is -0.843. The quantitative estimate of drug-likeness (QED) is 0.304. The second-order valence-corrected chi connectivity index (χ2v) is 1.89. The molecule has 1 amide bonds. The molecule has 1 saturated heterocycles. The molecule has 0 radical (unpaired) electrons. The molecule has 0 unspecified atom stereocenters. The van der Waals surface area contributed by atoms with Crippen LogP contribution in [-0.2, 0) is 4.79 Å². The molecule has 1 fully saturated rings. The maximum Gasteiger partial charge on any atom is 0.277 e. The highest BCUT2D eigenvalue weighted by Gasteiger charge is 2.19. The van der Waals surface area contributed by atoms with E-state index in [4.69, 9.17) is 0 Å². The van der Waals surface area contributed by atoms with Crippen LogP contribution >= 0.6 is 0 Å². The van der Waals surface area contributed by atoms with Crippen molar-refractivity contribution < 1.29 is 9.83 Å². The largest absolute Gasteiger partial charge is 0.349 e. The summed E-state index contributed by atoms with van der Waals surface area (Å²) in [5.41, 5.74) is 0. The molecule has 1 rings (SSSR count). The van der Waals surface area contributed by atoms with Crippen molar-refractivity contribution in [3.63, 3.8) is 0 Å². The zero-order chi connectivity index (χ0) is 8.27. The number of guanidine groups is 1. The molecule has 1 aliphatic rings. The number of carbonyl (C=O) groups is 1. The summed E-state index contributed by atoms with van der Waals surface area (Å²) in [7, 11) is 0.